The molecular formula is C18H25N3O5S. The molecule has 0 aliphatic rings. The lowest BCUT2D eigenvalue weighted by molar-refractivity contribution is -0.146. The SMILES string of the molecule is CCCNC(=O)c1cccc(NC(=S)NC(=O)CCC(=O)OCCOC)c1. The number of carbonyl (C=O) groups excluding carboxylic acids is 3. The van der Waals surface area contributed by atoms with Crippen LogP contribution in [0.3, 0.4) is 0 Å². The first-order valence-corrected chi connectivity index (χ1v) is 9.00. The van der Waals surface area contributed by atoms with Gasteiger partial charge in [0.1, 0.15) is 6.61 Å². The van der Waals surface area contributed by atoms with Crippen LogP contribution in [0.1, 0.15) is 36.5 Å². The average molecular weight is 395 g/mol. The van der Waals surface area contributed by atoms with Crippen LogP contribution in [0.25, 0.3) is 0 Å². The maximum atomic E-state index is 12.0. The summed E-state index contributed by atoms with van der Waals surface area (Å²) in [4.78, 5) is 35.2. The lowest BCUT2D eigenvalue weighted by Crippen LogP contribution is -2.34. The molecule has 1 aromatic rings. The van der Waals surface area contributed by atoms with E-state index in [1.807, 2.05) is 6.92 Å². The van der Waals surface area contributed by atoms with Crippen LogP contribution in [0.5, 0.6) is 0 Å². The smallest absolute Gasteiger partial charge is 0.306 e. The number of nitrogens with one attached hydrogen (secondary N) is 3. The van der Waals surface area contributed by atoms with Crippen molar-refractivity contribution in [2.24, 2.45) is 0 Å². The number of thiocarbonyl (C=S) groups is 1. The van der Waals surface area contributed by atoms with Gasteiger partial charge in [-0.15, -0.1) is 0 Å². The number of amides is 2. The normalized spacial score (nSPS) is 10.0. The van der Waals surface area contributed by atoms with Crippen LogP contribution < -0.4 is 16.0 Å². The fraction of sp³-hybridized carbons (Fsp3) is 0.444. The molecule has 148 valence electrons. The first-order valence-electron chi connectivity index (χ1n) is 8.60. The minimum atomic E-state index is -0.480. The minimum absolute atomic E-state index is 0.0485. The van der Waals surface area contributed by atoms with Crippen LogP contribution in [0, 0.1) is 0 Å². The molecule has 9 heteroatoms. The highest BCUT2D eigenvalue weighted by molar-refractivity contribution is 7.80. The van der Waals surface area contributed by atoms with E-state index in [1.165, 1.54) is 7.11 Å². The molecule has 8 nitrogen and oxygen atoms in total. The number of anilines is 1. The number of methoxy groups -OCH3 is 1. The third-order valence-electron chi connectivity index (χ3n) is 3.28. The molecular weight excluding hydrogens is 370 g/mol. The van der Waals surface area contributed by atoms with Gasteiger partial charge in [0.2, 0.25) is 5.91 Å². The number of carbonyl (C=O) groups is 3. The van der Waals surface area contributed by atoms with Gasteiger partial charge in [-0.3, -0.25) is 14.4 Å². The summed E-state index contributed by atoms with van der Waals surface area (Å²) >= 11 is 5.08. The molecule has 0 aliphatic heterocycles. The van der Waals surface area contributed by atoms with Gasteiger partial charge < -0.3 is 25.4 Å². The molecule has 0 heterocycles. The number of hydrogen-bond donors (Lipinski definition) is 3. The highest BCUT2D eigenvalue weighted by Crippen LogP contribution is 2.10. The Morgan fingerprint density at radius 2 is 1.93 bits per heavy atom. The second-order valence-electron chi connectivity index (χ2n) is 5.55. The molecule has 0 unspecified atom stereocenters. The van der Waals surface area contributed by atoms with E-state index in [-0.39, 0.29) is 30.5 Å². The van der Waals surface area contributed by atoms with Gasteiger partial charge in [0, 0.05) is 31.3 Å². The first-order chi connectivity index (χ1) is 13.0. The fourth-order valence-electron chi connectivity index (χ4n) is 1.96. The summed E-state index contributed by atoms with van der Waals surface area (Å²) < 4.78 is 9.63. The van der Waals surface area contributed by atoms with Gasteiger partial charge >= 0.3 is 5.97 Å². The van der Waals surface area contributed by atoms with E-state index in [4.69, 9.17) is 21.7 Å². The number of ether oxygens (including phenoxy) is 2. The van der Waals surface area contributed by atoms with Crippen molar-refractivity contribution in [2.45, 2.75) is 26.2 Å². The van der Waals surface area contributed by atoms with Crippen molar-refractivity contribution < 1.29 is 23.9 Å². The van der Waals surface area contributed by atoms with Crippen molar-refractivity contribution in [3.05, 3.63) is 29.8 Å². The van der Waals surface area contributed by atoms with Crippen LogP contribution in [-0.4, -0.2) is 49.8 Å². The van der Waals surface area contributed by atoms with E-state index < -0.39 is 11.9 Å². The van der Waals surface area contributed by atoms with Crippen LogP contribution in [0.4, 0.5) is 5.69 Å². The number of rotatable bonds is 10. The largest absolute Gasteiger partial charge is 0.463 e. The Labute approximate surface area is 164 Å². The van der Waals surface area contributed by atoms with Gasteiger partial charge in [-0.1, -0.05) is 13.0 Å². The van der Waals surface area contributed by atoms with E-state index >= 15 is 0 Å². The van der Waals surface area contributed by atoms with Crippen molar-refractivity contribution in [1.82, 2.24) is 10.6 Å². The van der Waals surface area contributed by atoms with E-state index in [0.29, 0.717) is 24.4 Å². The molecule has 0 saturated carbocycles. The minimum Gasteiger partial charge on any atom is -0.463 e. The molecule has 0 aromatic heterocycles. The van der Waals surface area contributed by atoms with Crippen molar-refractivity contribution in [1.29, 1.82) is 0 Å². The molecule has 0 atom stereocenters. The fourth-order valence-corrected chi connectivity index (χ4v) is 2.19. The highest BCUT2D eigenvalue weighted by Gasteiger charge is 2.10. The molecule has 0 fully saturated rings. The summed E-state index contributed by atoms with van der Waals surface area (Å²) in [7, 11) is 1.50. The Hall–Kier alpha value is -2.52. The number of esters is 1. The van der Waals surface area contributed by atoms with Gasteiger partial charge in [0.15, 0.2) is 5.11 Å². The predicted octanol–water partition coefficient (Wildman–Crippen LogP) is 1.61. The molecule has 0 bridgehead atoms. The summed E-state index contributed by atoms with van der Waals surface area (Å²) in [6.07, 6.45) is 0.748. The molecule has 1 aromatic carbocycles. The van der Waals surface area contributed by atoms with Crippen molar-refractivity contribution >= 4 is 40.8 Å². The van der Waals surface area contributed by atoms with E-state index in [2.05, 4.69) is 16.0 Å². The van der Waals surface area contributed by atoms with Crippen LogP contribution in [0.15, 0.2) is 24.3 Å². The Morgan fingerprint density at radius 1 is 1.15 bits per heavy atom. The molecule has 0 radical (unpaired) electrons. The molecule has 3 N–H and O–H groups in total. The van der Waals surface area contributed by atoms with Crippen molar-refractivity contribution in [2.75, 3.05) is 32.2 Å². The van der Waals surface area contributed by atoms with Crippen molar-refractivity contribution in [3.63, 3.8) is 0 Å². The first kappa shape index (κ1) is 22.5. The quantitative estimate of drug-likeness (QED) is 0.314. The lowest BCUT2D eigenvalue weighted by Gasteiger charge is -2.11. The van der Waals surface area contributed by atoms with E-state index in [0.717, 1.165) is 6.42 Å². The Bertz CT molecular complexity index is 666. The molecule has 0 aliphatic carbocycles. The Kier molecular flexibility index (Phi) is 10.7. The standard InChI is InChI=1S/C18H25N3O5S/c1-3-9-19-17(24)13-5-4-6-14(12-13)20-18(27)21-15(22)7-8-16(23)26-11-10-25-2/h4-6,12H,3,7-11H2,1-2H3,(H,19,24)(H2,20,21,22,27). The molecule has 2 amide bonds. The van der Waals surface area contributed by atoms with Gasteiger partial charge in [-0.05, 0) is 36.8 Å². The zero-order chi connectivity index (χ0) is 20.1. The average Bonchev–Trinajstić information content (AvgIpc) is 2.64. The second kappa shape index (κ2) is 12.8. The molecule has 0 saturated heterocycles. The van der Waals surface area contributed by atoms with Crippen molar-refractivity contribution in [3.8, 4) is 0 Å². The van der Waals surface area contributed by atoms with Crippen LogP contribution in [-0.2, 0) is 19.1 Å². The predicted molar refractivity (Wildman–Crippen MR) is 105 cm³/mol. The number of hydrogen-bond acceptors (Lipinski definition) is 6. The summed E-state index contributed by atoms with van der Waals surface area (Å²) in [5.74, 6) is -1.07. The monoisotopic (exact) mass is 395 g/mol. The summed E-state index contributed by atoms with van der Waals surface area (Å²) in [6.45, 7) is 3.03. The van der Waals surface area contributed by atoms with Gasteiger partial charge in [0.05, 0.1) is 13.0 Å². The van der Waals surface area contributed by atoms with E-state index in [9.17, 15) is 14.4 Å². The zero-order valence-electron chi connectivity index (χ0n) is 15.5. The third-order valence-corrected chi connectivity index (χ3v) is 3.48. The van der Waals surface area contributed by atoms with Gasteiger partial charge in [0.25, 0.3) is 5.91 Å². The lowest BCUT2D eigenvalue weighted by atomic mass is 10.2. The summed E-state index contributed by atoms with van der Waals surface area (Å²) in [5.41, 5.74) is 1.06. The number of benzene rings is 1. The third kappa shape index (κ3) is 9.66. The second-order valence-corrected chi connectivity index (χ2v) is 5.96. The van der Waals surface area contributed by atoms with E-state index in [1.54, 1.807) is 24.3 Å². The zero-order valence-corrected chi connectivity index (χ0v) is 16.3. The van der Waals surface area contributed by atoms with Gasteiger partial charge in [-0.2, -0.15) is 0 Å². The highest BCUT2D eigenvalue weighted by atomic mass is 32.1. The Balaban J connectivity index is 2.42. The molecule has 27 heavy (non-hydrogen) atoms. The summed E-state index contributed by atoms with van der Waals surface area (Å²) in [5, 5.41) is 8.19. The molecule has 1 rings (SSSR count). The Morgan fingerprint density at radius 3 is 2.63 bits per heavy atom. The van der Waals surface area contributed by atoms with Gasteiger partial charge in [-0.25, -0.2) is 0 Å². The maximum Gasteiger partial charge on any atom is 0.306 e. The van der Waals surface area contributed by atoms with Crippen LogP contribution in [0.2, 0.25) is 0 Å². The maximum absolute atomic E-state index is 12.0. The molecule has 0 spiro atoms. The summed E-state index contributed by atoms with van der Waals surface area (Å²) in [6, 6.07) is 6.76. The topological polar surface area (TPSA) is 106 Å². The van der Waals surface area contributed by atoms with Crippen LogP contribution >= 0.6 is 12.2 Å².